The molecule has 0 rings (SSSR count). The van der Waals surface area contributed by atoms with Crippen molar-refractivity contribution in [3.8, 4) is 12.3 Å². The molecule has 0 aliphatic rings. The Kier molecular flexibility index (Phi) is 2.57. The van der Waals surface area contributed by atoms with Crippen molar-refractivity contribution < 1.29 is 5.11 Å². The second-order valence-corrected chi connectivity index (χ2v) is 2.70. The van der Waals surface area contributed by atoms with Crippen LogP contribution in [0.3, 0.4) is 0 Å². The van der Waals surface area contributed by atoms with Crippen LogP contribution in [-0.4, -0.2) is 11.7 Å². The Labute approximate surface area is 50.7 Å². The molecule has 1 N–H and O–H groups in total. The molecule has 0 radical (unpaired) electrons. The Bertz CT molecular complexity index is 97.4. The van der Waals surface area contributed by atoms with E-state index in [4.69, 9.17) is 11.5 Å². The zero-order chi connectivity index (χ0) is 6.62. The monoisotopic (exact) mass is 112 g/mol. The van der Waals surface area contributed by atoms with Crippen LogP contribution in [0.2, 0.25) is 0 Å². The van der Waals surface area contributed by atoms with E-state index in [1.165, 1.54) is 0 Å². The fourth-order valence-electron chi connectivity index (χ4n) is 0.332. The summed E-state index contributed by atoms with van der Waals surface area (Å²) < 4.78 is 0. The summed E-state index contributed by atoms with van der Waals surface area (Å²) in [6, 6.07) is 0. The molecule has 0 atom stereocenters. The van der Waals surface area contributed by atoms with Crippen molar-refractivity contribution in [2.45, 2.75) is 20.3 Å². The molecule has 1 nitrogen and oxygen atoms in total. The molecule has 0 bridgehead atoms. The maximum absolute atomic E-state index is 8.63. The summed E-state index contributed by atoms with van der Waals surface area (Å²) in [6.45, 7) is 4.04. The molecule has 0 fully saturated rings. The summed E-state index contributed by atoms with van der Waals surface area (Å²) in [5, 5.41) is 8.63. The maximum Gasteiger partial charge on any atom is 0.0491 e. The molecule has 0 aliphatic carbocycles. The van der Waals surface area contributed by atoms with E-state index in [9.17, 15) is 0 Å². The van der Waals surface area contributed by atoms with Crippen molar-refractivity contribution in [2.75, 3.05) is 6.61 Å². The van der Waals surface area contributed by atoms with Crippen molar-refractivity contribution in [2.24, 2.45) is 5.41 Å². The van der Waals surface area contributed by atoms with Gasteiger partial charge < -0.3 is 5.11 Å². The van der Waals surface area contributed by atoms with Gasteiger partial charge in [0.25, 0.3) is 0 Å². The molecule has 0 spiro atoms. The van der Waals surface area contributed by atoms with E-state index in [1.54, 1.807) is 0 Å². The van der Waals surface area contributed by atoms with Gasteiger partial charge in [-0.1, -0.05) is 13.8 Å². The molecule has 1 heteroatoms. The van der Waals surface area contributed by atoms with Crippen LogP contribution in [0.4, 0.5) is 0 Å². The van der Waals surface area contributed by atoms with Gasteiger partial charge in [-0.05, 0) is 5.41 Å². The molecule has 46 valence electrons. The lowest BCUT2D eigenvalue weighted by molar-refractivity contribution is 0.164. The van der Waals surface area contributed by atoms with Gasteiger partial charge in [-0.2, -0.15) is 0 Å². The lowest BCUT2D eigenvalue weighted by Crippen LogP contribution is -2.14. The van der Waals surface area contributed by atoms with Gasteiger partial charge in [0.05, 0.1) is 0 Å². The summed E-state index contributed by atoms with van der Waals surface area (Å²) in [5.74, 6) is 2.50. The predicted molar refractivity (Wildman–Crippen MR) is 34.3 cm³/mol. The molecule has 0 aromatic carbocycles. The number of terminal acetylenes is 1. The highest BCUT2D eigenvalue weighted by molar-refractivity contribution is 4.90. The molecular weight excluding hydrogens is 100 g/mol. The SMILES string of the molecule is C#CCC(C)(C)CO. The number of rotatable bonds is 2. The van der Waals surface area contributed by atoms with E-state index in [0.717, 1.165) is 0 Å². The van der Waals surface area contributed by atoms with Gasteiger partial charge in [0.2, 0.25) is 0 Å². The zero-order valence-electron chi connectivity index (χ0n) is 5.44. The highest BCUT2D eigenvalue weighted by Gasteiger charge is 2.13. The third-order valence-corrected chi connectivity index (χ3v) is 1.01. The second-order valence-electron chi connectivity index (χ2n) is 2.70. The molecule has 0 unspecified atom stereocenters. The van der Waals surface area contributed by atoms with Crippen molar-refractivity contribution in [1.29, 1.82) is 0 Å². The Balaban J connectivity index is 3.58. The number of aliphatic hydroxyl groups excluding tert-OH is 1. The van der Waals surface area contributed by atoms with Crippen LogP contribution in [0.25, 0.3) is 0 Å². The number of hydrogen-bond acceptors (Lipinski definition) is 1. The van der Waals surface area contributed by atoms with Gasteiger partial charge in [-0.3, -0.25) is 0 Å². The topological polar surface area (TPSA) is 20.2 Å². The smallest absolute Gasteiger partial charge is 0.0491 e. The van der Waals surface area contributed by atoms with Gasteiger partial charge in [0.1, 0.15) is 0 Å². The summed E-state index contributed by atoms with van der Waals surface area (Å²) in [7, 11) is 0. The third kappa shape index (κ3) is 2.65. The Hall–Kier alpha value is -0.480. The van der Waals surface area contributed by atoms with Gasteiger partial charge >= 0.3 is 0 Å². The fourth-order valence-corrected chi connectivity index (χ4v) is 0.332. The quantitative estimate of drug-likeness (QED) is 0.529. The lowest BCUT2D eigenvalue weighted by atomic mass is 9.91. The summed E-state index contributed by atoms with van der Waals surface area (Å²) in [4.78, 5) is 0. The first-order chi connectivity index (χ1) is 3.62. The van der Waals surface area contributed by atoms with Crippen LogP contribution < -0.4 is 0 Å². The van der Waals surface area contributed by atoms with Crippen LogP contribution in [-0.2, 0) is 0 Å². The molecule has 0 saturated carbocycles. The molecule has 0 aliphatic heterocycles. The van der Waals surface area contributed by atoms with Crippen LogP contribution in [0.5, 0.6) is 0 Å². The van der Waals surface area contributed by atoms with Gasteiger partial charge in [-0.15, -0.1) is 12.3 Å². The van der Waals surface area contributed by atoms with Crippen LogP contribution in [0.1, 0.15) is 20.3 Å². The van der Waals surface area contributed by atoms with E-state index in [-0.39, 0.29) is 12.0 Å². The molecule has 0 saturated heterocycles. The van der Waals surface area contributed by atoms with Crippen LogP contribution >= 0.6 is 0 Å². The standard InChI is InChI=1S/C7H12O/c1-4-5-7(2,3)6-8/h1,8H,5-6H2,2-3H3. The zero-order valence-corrected chi connectivity index (χ0v) is 5.44. The van der Waals surface area contributed by atoms with Crippen molar-refractivity contribution in [1.82, 2.24) is 0 Å². The van der Waals surface area contributed by atoms with Crippen LogP contribution in [0, 0.1) is 17.8 Å². The molecule has 8 heavy (non-hydrogen) atoms. The second kappa shape index (κ2) is 2.74. The largest absolute Gasteiger partial charge is 0.396 e. The summed E-state index contributed by atoms with van der Waals surface area (Å²) in [5.41, 5.74) is -0.0885. The van der Waals surface area contributed by atoms with Gasteiger partial charge in [-0.25, -0.2) is 0 Å². The number of hydrogen-bond donors (Lipinski definition) is 1. The lowest BCUT2D eigenvalue weighted by Gasteiger charge is -2.16. The average Bonchev–Trinajstić information content (AvgIpc) is 1.67. The molecular formula is C7H12O. The highest BCUT2D eigenvalue weighted by Crippen LogP contribution is 2.16. The first-order valence-corrected chi connectivity index (χ1v) is 2.67. The molecule has 0 aromatic rings. The molecule has 0 amide bonds. The normalized spacial score (nSPS) is 10.8. The van der Waals surface area contributed by atoms with Crippen molar-refractivity contribution in [3.63, 3.8) is 0 Å². The first-order valence-electron chi connectivity index (χ1n) is 2.67. The minimum atomic E-state index is -0.0885. The average molecular weight is 112 g/mol. The number of aliphatic hydroxyl groups is 1. The Morgan fingerprint density at radius 2 is 2.12 bits per heavy atom. The van der Waals surface area contributed by atoms with E-state index in [0.29, 0.717) is 6.42 Å². The maximum atomic E-state index is 8.63. The summed E-state index contributed by atoms with van der Waals surface area (Å²) in [6.07, 6.45) is 5.67. The Morgan fingerprint density at radius 1 is 1.62 bits per heavy atom. The van der Waals surface area contributed by atoms with Gasteiger partial charge in [0, 0.05) is 13.0 Å². The fraction of sp³-hybridized carbons (Fsp3) is 0.714. The van der Waals surface area contributed by atoms with Crippen molar-refractivity contribution in [3.05, 3.63) is 0 Å². The van der Waals surface area contributed by atoms with E-state index < -0.39 is 0 Å². The van der Waals surface area contributed by atoms with E-state index in [1.807, 2.05) is 13.8 Å². The molecule has 0 aromatic heterocycles. The van der Waals surface area contributed by atoms with Gasteiger partial charge in [0.15, 0.2) is 0 Å². The van der Waals surface area contributed by atoms with Crippen LogP contribution in [0.15, 0.2) is 0 Å². The molecule has 0 heterocycles. The minimum Gasteiger partial charge on any atom is -0.396 e. The first kappa shape index (κ1) is 7.52. The van der Waals surface area contributed by atoms with E-state index in [2.05, 4.69) is 5.92 Å². The Morgan fingerprint density at radius 3 is 2.25 bits per heavy atom. The summed E-state index contributed by atoms with van der Waals surface area (Å²) >= 11 is 0. The van der Waals surface area contributed by atoms with E-state index >= 15 is 0 Å². The van der Waals surface area contributed by atoms with Crippen molar-refractivity contribution >= 4 is 0 Å². The highest BCUT2D eigenvalue weighted by atomic mass is 16.3. The third-order valence-electron chi connectivity index (χ3n) is 1.01. The minimum absolute atomic E-state index is 0.0885. The predicted octanol–water partition coefficient (Wildman–Crippen LogP) is 1.03.